The summed E-state index contributed by atoms with van der Waals surface area (Å²) in [5.41, 5.74) is 2.15. The minimum absolute atomic E-state index is 0.0973. The van der Waals surface area contributed by atoms with Crippen LogP contribution in [0.1, 0.15) is 29.3 Å². The van der Waals surface area contributed by atoms with E-state index in [0.29, 0.717) is 31.7 Å². The Morgan fingerprint density at radius 1 is 1.04 bits per heavy atom. The topological polar surface area (TPSA) is 67.4 Å². The highest BCUT2D eigenvalue weighted by molar-refractivity contribution is 5.89. The number of rotatable bonds is 8. The molecule has 2 aromatic rings. The normalized spacial score (nSPS) is 10.2. The van der Waals surface area contributed by atoms with E-state index in [4.69, 9.17) is 4.74 Å². The summed E-state index contributed by atoms with van der Waals surface area (Å²) in [4.78, 5) is 23.4. The highest BCUT2D eigenvalue weighted by atomic mass is 19.1. The van der Waals surface area contributed by atoms with Crippen molar-refractivity contribution < 1.29 is 18.7 Å². The zero-order chi connectivity index (χ0) is 18.1. The smallest absolute Gasteiger partial charge is 0.338 e. The molecule has 2 N–H and O–H groups in total. The van der Waals surface area contributed by atoms with Crippen molar-refractivity contribution in [1.29, 1.82) is 0 Å². The first kappa shape index (κ1) is 18.4. The molecule has 0 atom stereocenters. The molecule has 0 aromatic heterocycles. The summed E-state index contributed by atoms with van der Waals surface area (Å²) in [5.74, 6) is -0.748. The van der Waals surface area contributed by atoms with Crippen LogP contribution in [0.5, 0.6) is 0 Å². The minimum atomic E-state index is -0.353. The second-order valence-corrected chi connectivity index (χ2v) is 5.38. The van der Waals surface area contributed by atoms with E-state index in [-0.39, 0.29) is 17.7 Å². The lowest BCUT2D eigenvalue weighted by molar-refractivity contribution is -0.121. The molecule has 5 nitrogen and oxygen atoms in total. The molecule has 0 aliphatic rings. The van der Waals surface area contributed by atoms with Crippen LogP contribution in [0.2, 0.25) is 0 Å². The van der Waals surface area contributed by atoms with Crippen LogP contribution in [-0.2, 0) is 16.1 Å². The fourth-order valence-corrected chi connectivity index (χ4v) is 2.15. The first-order valence-corrected chi connectivity index (χ1v) is 8.10. The van der Waals surface area contributed by atoms with Crippen molar-refractivity contribution in [2.24, 2.45) is 0 Å². The summed E-state index contributed by atoms with van der Waals surface area (Å²) in [6, 6.07) is 12.9. The molecule has 2 aromatic carbocycles. The molecule has 1 amide bonds. The van der Waals surface area contributed by atoms with E-state index in [9.17, 15) is 14.0 Å². The molecule has 25 heavy (non-hydrogen) atoms. The van der Waals surface area contributed by atoms with E-state index in [1.165, 1.54) is 12.1 Å². The quantitative estimate of drug-likeness (QED) is 0.722. The molecule has 0 fully saturated rings. The van der Waals surface area contributed by atoms with Crippen molar-refractivity contribution in [2.45, 2.75) is 19.9 Å². The average Bonchev–Trinajstić information content (AvgIpc) is 2.62. The van der Waals surface area contributed by atoms with Crippen LogP contribution >= 0.6 is 0 Å². The first-order valence-electron chi connectivity index (χ1n) is 8.10. The van der Waals surface area contributed by atoms with Crippen molar-refractivity contribution in [1.82, 2.24) is 5.32 Å². The standard InChI is InChI=1S/C19H21FN2O3/c1-2-25-19(24)15-5-9-17(10-6-15)21-12-11-18(23)22-13-14-3-7-16(20)8-4-14/h3-10,21H,2,11-13H2,1H3,(H,22,23). The number of carbonyl (C=O) groups excluding carboxylic acids is 2. The predicted molar refractivity (Wildman–Crippen MR) is 93.8 cm³/mol. The Kier molecular flexibility index (Phi) is 6.95. The molecule has 132 valence electrons. The van der Waals surface area contributed by atoms with Gasteiger partial charge in [-0.3, -0.25) is 4.79 Å². The van der Waals surface area contributed by atoms with E-state index >= 15 is 0 Å². The van der Waals surface area contributed by atoms with Crippen LogP contribution in [0.3, 0.4) is 0 Å². The summed E-state index contributed by atoms with van der Waals surface area (Å²) in [6.07, 6.45) is 0.306. The Morgan fingerprint density at radius 2 is 1.72 bits per heavy atom. The van der Waals surface area contributed by atoms with Crippen molar-refractivity contribution in [3.8, 4) is 0 Å². The first-order chi connectivity index (χ1) is 12.1. The monoisotopic (exact) mass is 344 g/mol. The lowest BCUT2D eigenvalue weighted by Gasteiger charge is -2.08. The Morgan fingerprint density at radius 3 is 2.36 bits per heavy atom. The van der Waals surface area contributed by atoms with Crippen LogP contribution in [0.25, 0.3) is 0 Å². The SMILES string of the molecule is CCOC(=O)c1ccc(NCCC(=O)NCc2ccc(F)cc2)cc1. The molecule has 0 heterocycles. The van der Waals surface area contributed by atoms with Gasteiger partial charge in [0.15, 0.2) is 0 Å². The number of anilines is 1. The fraction of sp³-hybridized carbons (Fsp3) is 0.263. The van der Waals surface area contributed by atoms with Gasteiger partial charge in [0.1, 0.15) is 5.82 Å². The van der Waals surface area contributed by atoms with Crippen LogP contribution < -0.4 is 10.6 Å². The molecule has 6 heteroatoms. The molecule has 0 spiro atoms. The van der Waals surface area contributed by atoms with Crippen molar-refractivity contribution in [2.75, 3.05) is 18.5 Å². The number of nitrogens with one attached hydrogen (secondary N) is 2. The van der Waals surface area contributed by atoms with Gasteiger partial charge in [0, 0.05) is 25.2 Å². The number of benzene rings is 2. The molecule has 0 aliphatic carbocycles. The summed E-state index contributed by atoms with van der Waals surface area (Å²) in [5, 5.41) is 5.90. The maximum absolute atomic E-state index is 12.8. The number of esters is 1. The van der Waals surface area contributed by atoms with E-state index < -0.39 is 0 Å². The van der Waals surface area contributed by atoms with E-state index in [2.05, 4.69) is 10.6 Å². The van der Waals surface area contributed by atoms with Crippen molar-refractivity contribution >= 4 is 17.6 Å². The Hall–Kier alpha value is -2.89. The van der Waals surface area contributed by atoms with Gasteiger partial charge in [-0.15, -0.1) is 0 Å². The third-order valence-corrected chi connectivity index (χ3v) is 3.48. The van der Waals surface area contributed by atoms with Gasteiger partial charge >= 0.3 is 5.97 Å². The third kappa shape index (κ3) is 6.25. The highest BCUT2D eigenvalue weighted by Gasteiger charge is 2.06. The molecule has 0 aliphatic heterocycles. The van der Waals surface area contributed by atoms with E-state index in [1.807, 2.05) is 0 Å². The second kappa shape index (κ2) is 9.42. The van der Waals surface area contributed by atoms with Gasteiger partial charge in [0.2, 0.25) is 5.91 Å². The maximum Gasteiger partial charge on any atom is 0.338 e. The van der Waals surface area contributed by atoms with Gasteiger partial charge in [-0.25, -0.2) is 9.18 Å². The maximum atomic E-state index is 12.8. The molecule has 0 bridgehead atoms. The van der Waals surface area contributed by atoms with Gasteiger partial charge in [-0.05, 0) is 48.9 Å². The Labute approximate surface area is 146 Å². The van der Waals surface area contributed by atoms with Crippen LogP contribution in [0.15, 0.2) is 48.5 Å². The molecular formula is C19H21FN2O3. The van der Waals surface area contributed by atoms with Gasteiger partial charge in [-0.1, -0.05) is 12.1 Å². The van der Waals surface area contributed by atoms with Crippen LogP contribution in [0.4, 0.5) is 10.1 Å². The number of carbonyl (C=O) groups is 2. The predicted octanol–water partition coefficient (Wildman–Crippen LogP) is 3.12. The van der Waals surface area contributed by atoms with E-state index in [1.54, 1.807) is 43.3 Å². The largest absolute Gasteiger partial charge is 0.462 e. The zero-order valence-corrected chi connectivity index (χ0v) is 14.0. The Bertz CT molecular complexity index is 700. The van der Waals surface area contributed by atoms with E-state index in [0.717, 1.165) is 11.3 Å². The molecule has 0 saturated heterocycles. The molecule has 2 rings (SSSR count). The molecule has 0 unspecified atom stereocenters. The lowest BCUT2D eigenvalue weighted by atomic mass is 10.2. The second-order valence-electron chi connectivity index (χ2n) is 5.38. The number of hydrogen-bond donors (Lipinski definition) is 2. The van der Waals surface area contributed by atoms with Crippen molar-refractivity contribution in [3.05, 3.63) is 65.5 Å². The Balaban J connectivity index is 1.70. The zero-order valence-electron chi connectivity index (χ0n) is 14.0. The summed E-state index contributed by atoms with van der Waals surface area (Å²) in [6.45, 7) is 2.93. The van der Waals surface area contributed by atoms with Crippen molar-refractivity contribution in [3.63, 3.8) is 0 Å². The molecule has 0 saturated carbocycles. The number of ether oxygens (including phenoxy) is 1. The third-order valence-electron chi connectivity index (χ3n) is 3.48. The minimum Gasteiger partial charge on any atom is -0.462 e. The van der Waals surface area contributed by atoms with Gasteiger partial charge in [0.05, 0.1) is 12.2 Å². The number of halogens is 1. The number of hydrogen-bond acceptors (Lipinski definition) is 4. The fourth-order valence-electron chi connectivity index (χ4n) is 2.15. The van der Waals surface area contributed by atoms with Gasteiger partial charge < -0.3 is 15.4 Å². The summed E-state index contributed by atoms with van der Waals surface area (Å²) in [7, 11) is 0. The summed E-state index contributed by atoms with van der Waals surface area (Å²) >= 11 is 0. The molecule has 0 radical (unpaired) electrons. The van der Waals surface area contributed by atoms with Crippen LogP contribution in [-0.4, -0.2) is 25.0 Å². The van der Waals surface area contributed by atoms with Gasteiger partial charge in [-0.2, -0.15) is 0 Å². The number of amides is 1. The van der Waals surface area contributed by atoms with Crippen LogP contribution in [0, 0.1) is 5.82 Å². The summed E-state index contributed by atoms with van der Waals surface area (Å²) < 4.78 is 17.7. The highest BCUT2D eigenvalue weighted by Crippen LogP contribution is 2.10. The average molecular weight is 344 g/mol. The lowest BCUT2D eigenvalue weighted by Crippen LogP contribution is -2.24. The van der Waals surface area contributed by atoms with Gasteiger partial charge in [0.25, 0.3) is 0 Å². The molecular weight excluding hydrogens is 323 g/mol.